The minimum atomic E-state index is -0.516. The van der Waals surface area contributed by atoms with Crippen molar-refractivity contribution < 1.29 is 9.18 Å². The van der Waals surface area contributed by atoms with Gasteiger partial charge in [-0.3, -0.25) is 9.78 Å². The molecule has 1 aromatic rings. The number of anilines is 1. The molecular formula is C14H22FN3O. The van der Waals surface area contributed by atoms with Crippen LogP contribution in [0, 0.1) is 17.7 Å². The summed E-state index contributed by atoms with van der Waals surface area (Å²) in [5.41, 5.74) is 5.74. The maximum absolute atomic E-state index is 13.3. The van der Waals surface area contributed by atoms with Crippen LogP contribution in [0.3, 0.4) is 0 Å². The highest BCUT2D eigenvalue weighted by Crippen LogP contribution is 2.21. The van der Waals surface area contributed by atoms with Crippen LogP contribution < -0.4 is 11.1 Å². The van der Waals surface area contributed by atoms with E-state index in [1.807, 2.05) is 0 Å². The van der Waals surface area contributed by atoms with Crippen molar-refractivity contribution in [2.24, 2.45) is 17.6 Å². The van der Waals surface area contributed by atoms with Gasteiger partial charge in [0.15, 0.2) is 5.82 Å². The molecule has 5 heteroatoms. The Bertz CT molecular complexity index is 409. The van der Waals surface area contributed by atoms with Gasteiger partial charge in [0.05, 0.1) is 11.9 Å². The van der Waals surface area contributed by atoms with Gasteiger partial charge in [0.1, 0.15) is 0 Å². The van der Waals surface area contributed by atoms with Gasteiger partial charge in [0, 0.05) is 12.6 Å². The van der Waals surface area contributed by atoms with Crippen molar-refractivity contribution in [2.75, 3.05) is 11.9 Å². The predicted octanol–water partition coefficient (Wildman–Crippen LogP) is 2.56. The Hall–Kier alpha value is -1.49. The molecule has 0 radical (unpaired) electrons. The molecule has 0 saturated carbocycles. The van der Waals surface area contributed by atoms with E-state index in [1.165, 1.54) is 12.3 Å². The van der Waals surface area contributed by atoms with Crippen molar-refractivity contribution in [3.63, 3.8) is 0 Å². The summed E-state index contributed by atoms with van der Waals surface area (Å²) in [6.07, 6.45) is 4.59. The molecule has 1 amide bonds. The van der Waals surface area contributed by atoms with Crippen molar-refractivity contribution in [1.29, 1.82) is 0 Å². The van der Waals surface area contributed by atoms with E-state index in [4.69, 9.17) is 5.73 Å². The third kappa shape index (κ3) is 5.34. The van der Waals surface area contributed by atoms with Gasteiger partial charge in [-0.15, -0.1) is 0 Å². The molecule has 0 fully saturated rings. The number of hydrogen-bond acceptors (Lipinski definition) is 3. The number of halogens is 1. The van der Waals surface area contributed by atoms with Gasteiger partial charge in [0.25, 0.3) is 0 Å². The third-order valence-electron chi connectivity index (χ3n) is 3.27. The topological polar surface area (TPSA) is 68.0 Å². The van der Waals surface area contributed by atoms with Crippen molar-refractivity contribution in [3.8, 4) is 0 Å². The normalized spacial score (nSPS) is 12.5. The summed E-state index contributed by atoms with van der Waals surface area (Å²) in [4.78, 5) is 15.4. The highest BCUT2D eigenvalue weighted by Gasteiger charge is 2.15. The number of rotatable bonds is 7. The van der Waals surface area contributed by atoms with Crippen LogP contribution in [0.25, 0.3) is 0 Å². The average Bonchev–Trinajstić information content (AvgIpc) is 2.37. The van der Waals surface area contributed by atoms with Crippen LogP contribution in [0.5, 0.6) is 0 Å². The van der Waals surface area contributed by atoms with E-state index in [1.54, 1.807) is 0 Å². The van der Waals surface area contributed by atoms with Crippen LogP contribution in [0.2, 0.25) is 0 Å². The highest BCUT2D eigenvalue weighted by atomic mass is 19.1. The first-order valence-electron chi connectivity index (χ1n) is 6.64. The summed E-state index contributed by atoms with van der Waals surface area (Å²) in [6, 6.07) is 1.45. The maximum Gasteiger partial charge on any atom is 0.224 e. The molecule has 1 rings (SSSR count). The van der Waals surface area contributed by atoms with E-state index < -0.39 is 5.82 Å². The second-order valence-corrected chi connectivity index (χ2v) is 5.02. The molecule has 0 aromatic carbocycles. The van der Waals surface area contributed by atoms with Crippen molar-refractivity contribution >= 4 is 11.6 Å². The summed E-state index contributed by atoms with van der Waals surface area (Å²) in [5.74, 6) is 0.234. The molecule has 1 unspecified atom stereocenters. The number of nitrogens with two attached hydrogens (primary N) is 1. The lowest BCUT2D eigenvalue weighted by Gasteiger charge is -2.19. The Morgan fingerprint density at radius 2 is 2.21 bits per heavy atom. The molecule has 0 bridgehead atoms. The molecule has 4 nitrogen and oxygen atoms in total. The zero-order chi connectivity index (χ0) is 14.3. The van der Waals surface area contributed by atoms with E-state index in [9.17, 15) is 9.18 Å². The standard InChI is InChI=1S/C14H22FN3O/c1-10(2)11(5-7-16)3-4-14(19)18-13-6-8-17-9-12(13)15/h6,8-11H,3-5,7,16H2,1-2H3,(H,17,18,19). The van der Waals surface area contributed by atoms with Gasteiger partial charge < -0.3 is 11.1 Å². The van der Waals surface area contributed by atoms with Crippen LogP contribution in [0.4, 0.5) is 10.1 Å². The summed E-state index contributed by atoms with van der Waals surface area (Å²) in [5, 5.41) is 2.56. The number of pyridine rings is 1. The first-order chi connectivity index (χ1) is 9.04. The quantitative estimate of drug-likeness (QED) is 0.797. The molecule has 1 aromatic heterocycles. The Labute approximate surface area is 113 Å². The van der Waals surface area contributed by atoms with Crippen LogP contribution >= 0.6 is 0 Å². The van der Waals surface area contributed by atoms with E-state index in [0.29, 0.717) is 24.8 Å². The summed E-state index contributed by atoms with van der Waals surface area (Å²) in [6.45, 7) is 4.88. The second-order valence-electron chi connectivity index (χ2n) is 5.02. The lowest BCUT2D eigenvalue weighted by Crippen LogP contribution is -2.18. The fourth-order valence-electron chi connectivity index (χ4n) is 2.03. The van der Waals surface area contributed by atoms with Gasteiger partial charge in [-0.2, -0.15) is 0 Å². The average molecular weight is 267 g/mol. The number of carbonyl (C=O) groups excluding carboxylic acids is 1. The molecule has 106 valence electrons. The van der Waals surface area contributed by atoms with Crippen LogP contribution in [0.1, 0.15) is 33.1 Å². The first kappa shape index (κ1) is 15.6. The number of carbonyl (C=O) groups is 1. The van der Waals surface area contributed by atoms with Crippen LogP contribution in [0.15, 0.2) is 18.5 Å². The van der Waals surface area contributed by atoms with Gasteiger partial charge in [0.2, 0.25) is 5.91 Å². The number of amides is 1. The van der Waals surface area contributed by atoms with E-state index in [0.717, 1.165) is 19.0 Å². The predicted molar refractivity (Wildman–Crippen MR) is 74.1 cm³/mol. The molecule has 1 heterocycles. The molecular weight excluding hydrogens is 245 g/mol. The number of aromatic nitrogens is 1. The lowest BCUT2D eigenvalue weighted by molar-refractivity contribution is -0.116. The lowest BCUT2D eigenvalue weighted by atomic mass is 9.88. The molecule has 0 aliphatic carbocycles. The van der Waals surface area contributed by atoms with E-state index in [2.05, 4.69) is 24.1 Å². The third-order valence-corrected chi connectivity index (χ3v) is 3.27. The smallest absolute Gasteiger partial charge is 0.224 e. The van der Waals surface area contributed by atoms with Gasteiger partial charge in [-0.1, -0.05) is 13.8 Å². The molecule has 3 N–H and O–H groups in total. The summed E-state index contributed by atoms with van der Waals surface area (Å²) in [7, 11) is 0. The zero-order valence-electron chi connectivity index (χ0n) is 11.5. The van der Waals surface area contributed by atoms with Gasteiger partial charge in [-0.05, 0) is 37.3 Å². The SMILES string of the molecule is CC(C)C(CCN)CCC(=O)Nc1ccncc1F. The summed E-state index contributed by atoms with van der Waals surface area (Å²) < 4.78 is 13.3. The fourth-order valence-corrected chi connectivity index (χ4v) is 2.03. The van der Waals surface area contributed by atoms with Crippen molar-refractivity contribution in [1.82, 2.24) is 4.98 Å². The molecule has 0 aliphatic heterocycles. The van der Waals surface area contributed by atoms with Crippen molar-refractivity contribution in [3.05, 3.63) is 24.3 Å². The molecule has 19 heavy (non-hydrogen) atoms. The fraction of sp³-hybridized carbons (Fsp3) is 0.571. The zero-order valence-corrected chi connectivity index (χ0v) is 11.5. The maximum atomic E-state index is 13.3. The Kier molecular flexibility index (Phi) is 6.42. The molecule has 0 aliphatic rings. The Morgan fingerprint density at radius 3 is 2.79 bits per heavy atom. The Balaban J connectivity index is 2.45. The second kappa shape index (κ2) is 7.84. The highest BCUT2D eigenvalue weighted by molar-refractivity contribution is 5.90. The van der Waals surface area contributed by atoms with Crippen LogP contribution in [-0.4, -0.2) is 17.4 Å². The number of nitrogens with one attached hydrogen (secondary N) is 1. The van der Waals surface area contributed by atoms with Crippen LogP contribution in [-0.2, 0) is 4.79 Å². The Morgan fingerprint density at radius 1 is 1.47 bits per heavy atom. The van der Waals surface area contributed by atoms with E-state index >= 15 is 0 Å². The molecule has 1 atom stereocenters. The molecule has 0 saturated heterocycles. The van der Waals surface area contributed by atoms with E-state index in [-0.39, 0.29) is 11.6 Å². The monoisotopic (exact) mass is 267 g/mol. The minimum absolute atomic E-state index is 0.173. The molecule has 0 spiro atoms. The van der Waals surface area contributed by atoms with Crippen molar-refractivity contribution in [2.45, 2.75) is 33.1 Å². The number of hydrogen-bond donors (Lipinski definition) is 2. The first-order valence-corrected chi connectivity index (χ1v) is 6.64. The summed E-state index contributed by atoms with van der Waals surface area (Å²) >= 11 is 0. The van der Waals surface area contributed by atoms with Gasteiger partial charge in [-0.25, -0.2) is 4.39 Å². The van der Waals surface area contributed by atoms with Gasteiger partial charge >= 0.3 is 0 Å². The minimum Gasteiger partial charge on any atom is -0.330 e. The number of nitrogens with zero attached hydrogens (tertiary/aromatic N) is 1. The largest absolute Gasteiger partial charge is 0.330 e.